The molecule has 1 aromatic carbocycles. The molecule has 0 unspecified atom stereocenters. The minimum Gasteiger partial charge on any atom is -0.310 e. The third-order valence-electron chi connectivity index (χ3n) is 7.12. The molecule has 1 amide bonds. The van der Waals surface area contributed by atoms with E-state index in [-0.39, 0.29) is 41.2 Å². The molecule has 0 saturated heterocycles. The third-order valence-corrected chi connectivity index (χ3v) is 9.45. The number of anilines is 1. The number of rotatable bonds is 8. The van der Waals surface area contributed by atoms with Crippen LogP contribution in [0.15, 0.2) is 41.4 Å². The van der Waals surface area contributed by atoms with Crippen molar-refractivity contribution in [2.75, 3.05) is 5.32 Å². The van der Waals surface area contributed by atoms with E-state index in [1.54, 1.807) is 18.3 Å². The van der Waals surface area contributed by atoms with Crippen LogP contribution in [0.1, 0.15) is 79.9 Å². The van der Waals surface area contributed by atoms with Gasteiger partial charge >= 0.3 is 0 Å². The lowest BCUT2D eigenvalue weighted by atomic mass is 9.86. The number of amides is 1. The SMILES string of the molecule is Cc1ccc(NC(=O)[C@H](C[C@H]2CCC(=O)C2)c2ccc(S(=O)(=O)C3CC3)c(C3CC3)c2)nc1.Cl. The van der Waals surface area contributed by atoms with Crippen molar-refractivity contribution >= 4 is 39.8 Å². The summed E-state index contributed by atoms with van der Waals surface area (Å²) < 4.78 is 26.0. The largest absolute Gasteiger partial charge is 0.310 e. The molecule has 1 heterocycles. The molecule has 0 aliphatic heterocycles. The molecule has 2 aromatic rings. The van der Waals surface area contributed by atoms with Gasteiger partial charge in [-0.1, -0.05) is 18.2 Å². The van der Waals surface area contributed by atoms with Gasteiger partial charge in [-0.05, 0) is 86.1 Å². The Morgan fingerprint density at radius 2 is 1.88 bits per heavy atom. The van der Waals surface area contributed by atoms with E-state index in [0.29, 0.717) is 30.0 Å². The fourth-order valence-electron chi connectivity index (χ4n) is 4.89. The number of sulfone groups is 1. The number of aromatic nitrogens is 1. The van der Waals surface area contributed by atoms with E-state index in [4.69, 9.17) is 0 Å². The van der Waals surface area contributed by atoms with Crippen LogP contribution in [0.5, 0.6) is 0 Å². The number of nitrogens with zero attached hydrogens (tertiary/aromatic N) is 1. The van der Waals surface area contributed by atoms with E-state index in [0.717, 1.165) is 48.8 Å². The third kappa shape index (κ3) is 5.36. The smallest absolute Gasteiger partial charge is 0.233 e. The van der Waals surface area contributed by atoms with Crippen LogP contribution in [0.25, 0.3) is 0 Å². The lowest BCUT2D eigenvalue weighted by Gasteiger charge is -2.22. The van der Waals surface area contributed by atoms with Gasteiger partial charge in [0, 0.05) is 19.0 Å². The predicted molar refractivity (Wildman–Crippen MR) is 133 cm³/mol. The molecule has 0 radical (unpaired) electrons. The first-order valence-electron chi connectivity index (χ1n) is 11.9. The van der Waals surface area contributed by atoms with Crippen LogP contribution in [0, 0.1) is 12.8 Å². The van der Waals surface area contributed by atoms with Crippen molar-refractivity contribution in [2.45, 2.75) is 80.3 Å². The maximum atomic E-state index is 13.4. The van der Waals surface area contributed by atoms with Crippen molar-refractivity contribution in [1.29, 1.82) is 0 Å². The van der Waals surface area contributed by atoms with Crippen molar-refractivity contribution in [3.05, 3.63) is 53.2 Å². The Hall–Kier alpha value is -2.25. The molecule has 3 aliphatic carbocycles. The maximum absolute atomic E-state index is 13.4. The second-order valence-electron chi connectivity index (χ2n) is 9.96. The Kier molecular flexibility index (Phi) is 7.15. The first kappa shape index (κ1) is 24.9. The zero-order valence-corrected chi connectivity index (χ0v) is 21.0. The van der Waals surface area contributed by atoms with Crippen LogP contribution < -0.4 is 5.32 Å². The van der Waals surface area contributed by atoms with Gasteiger partial charge in [0.2, 0.25) is 5.91 Å². The Balaban J connectivity index is 0.00000274. The number of benzene rings is 1. The summed E-state index contributed by atoms with van der Waals surface area (Å²) in [5.41, 5.74) is 2.71. The van der Waals surface area contributed by atoms with E-state index in [1.807, 2.05) is 25.1 Å². The van der Waals surface area contributed by atoms with Gasteiger partial charge in [-0.15, -0.1) is 12.4 Å². The summed E-state index contributed by atoms with van der Waals surface area (Å²) >= 11 is 0. The predicted octanol–water partition coefficient (Wildman–Crippen LogP) is 5.11. The van der Waals surface area contributed by atoms with Crippen molar-refractivity contribution < 1.29 is 18.0 Å². The van der Waals surface area contributed by atoms with Crippen molar-refractivity contribution in [3.63, 3.8) is 0 Å². The minimum atomic E-state index is -3.30. The van der Waals surface area contributed by atoms with Crippen molar-refractivity contribution in [1.82, 2.24) is 4.98 Å². The zero-order chi connectivity index (χ0) is 23.2. The monoisotopic (exact) mass is 502 g/mol. The van der Waals surface area contributed by atoms with Gasteiger partial charge in [0.1, 0.15) is 11.6 Å². The Labute approximate surface area is 207 Å². The number of carbonyl (C=O) groups excluding carboxylic acids is 2. The van der Waals surface area contributed by atoms with Gasteiger partial charge in [0.25, 0.3) is 0 Å². The molecule has 5 rings (SSSR count). The van der Waals surface area contributed by atoms with Gasteiger partial charge < -0.3 is 5.32 Å². The van der Waals surface area contributed by atoms with E-state index >= 15 is 0 Å². The van der Waals surface area contributed by atoms with Crippen LogP contribution in [-0.2, 0) is 19.4 Å². The van der Waals surface area contributed by atoms with E-state index in [9.17, 15) is 18.0 Å². The summed E-state index contributed by atoms with van der Waals surface area (Å²) in [5.74, 6) is 0.546. The molecule has 3 saturated carbocycles. The molecule has 0 spiro atoms. The molecule has 8 heteroatoms. The topological polar surface area (TPSA) is 93.2 Å². The fourth-order valence-corrected chi connectivity index (χ4v) is 6.82. The Morgan fingerprint density at radius 1 is 1.12 bits per heavy atom. The van der Waals surface area contributed by atoms with E-state index in [1.165, 1.54) is 0 Å². The van der Waals surface area contributed by atoms with Crippen molar-refractivity contribution in [2.24, 2.45) is 5.92 Å². The fraction of sp³-hybridized carbons (Fsp3) is 0.500. The number of ketones is 1. The highest BCUT2D eigenvalue weighted by Gasteiger charge is 2.41. The number of aryl methyl sites for hydroxylation is 1. The first-order valence-corrected chi connectivity index (χ1v) is 13.5. The van der Waals surface area contributed by atoms with Crippen LogP contribution in [0.4, 0.5) is 5.82 Å². The quantitative estimate of drug-likeness (QED) is 0.541. The second-order valence-corrected chi connectivity index (χ2v) is 12.2. The summed E-state index contributed by atoms with van der Waals surface area (Å²) in [6, 6.07) is 9.17. The maximum Gasteiger partial charge on any atom is 0.233 e. The Bertz CT molecular complexity index is 1190. The average molecular weight is 503 g/mol. The highest BCUT2D eigenvalue weighted by Crippen LogP contribution is 2.47. The van der Waals surface area contributed by atoms with Gasteiger partial charge in [-0.3, -0.25) is 9.59 Å². The molecular formula is C26H31ClN2O4S. The second kappa shape index (κ2) is 9.78. The normalized spacial score (nSPS) is 21.1. The van der Waals surface area contributed by atoms with Gasteiger partial charge in [0.05, 0.1) is 16.1 Å². The number of hydrogen-bond acceptors (Lipinski definition) is 5. The van der Waals surface area contributed by atoms with Crippen LogP contribution >= 0.6 is 12.4 Å². The first-order chi connectivity index (χ1) is 15.8. The minimum absolute atomic E-state index is 0. The van der Waals surface area contributed by atoms with Crippen molar-refractivity contribution in [3.8, 4) is 0 Å². The number of Topliss-reactive ketones (excluding diaryl/α,β-unsaturated/α-hetero) is 1. The molecule has 1 aromatic heterocycles. The lowest BCUT2D eigenvalue weighted by Crippen LogP contribution is -2.24. The summed E-state index contributed by atoms with van der Waals surface area (Å²) in [5, 5.41) is 2.68. The zero-order valence-electron chi connectivity index (χ0n) is 19.3. The molecule has 2 atom stereocenters. The molecular weight excluding hydrogens is 472 g/mol. The molecule has 34 heavy (non-hydrogen) atoms. The van der Waals surface area contributed by atoms with Gasteiger partial charge in [-0.2, -0.15) is 0 Å². The standard InChI is InChI=1S/C26H30N2O4S.ClH/c1-16-2-11-25(27-15-16)28-26(30)23(13-17-3-7-20(29)12-17)19-6-10-24(22(14-19)18-4-5-18)33(31,32)21-8-9-21;/h2,6,10-11,14-15,17-18,21,23H,3-5,7-9,12-13H2,1H3,(H,27,28,30);1H/t17-,23+;/m0./s1. The molecule has 3 fully saturated rings. The van der Waals surface area contributed by atoms with Crippen LogP contribution in [-0.4, -0.2) is 30.3 Å². The highest BCUT2D eigenvalue weighted by molar-refractivity contribution is 7.92. The Morgan fingerprint density at radius 3 is 2.47 bits per heavy atom. The number of pyridine rings is 1. The van der Waals surface area contributed by atoms with E-state index < -0.39 is 15.8 Å². The molecule has 182 valence electrons. The summed E-state index contributed by atoms with van der Waals surface area (Å²) in [6.07, 6.45) is 7.60. The number of nitrogens with one attached hydrogen (secondary N) is 1. The summed E-state index contributed by atoms with van der Waals surface area (Å²) in [7, 11) is -3.30. The van der Waals surface area contributed by atoms with E-state index in [2.05, 4.69) is 10.3 Å². The number of carbonyl (C=O) groups is 2. The number of hydrogen-bond donors (Lipinski definition) is 1. The van der Waals surface area contributed by atoms with Gasteiger partial charge in [-0.25, -0.2) is 13.4 Å². The molecule has 6 nitrogen and oxygen atoms in total. The van der Waals surface area contributed by atoms with Crippen LogP contribution in [0.3, 0.4) is 0 Å². The lowest BCUT2D eigenvalue weighted by molar-refractivity contribution is -0.119. The van der Waals surface area contributed by atoms with Gasteiger partial charge in [0.15, 0.2) is 9.84 Å². The van der Waals surface area contributed by atoms with Crippen LogP contribution in [0.2, 0.25) is 0 Å². The molecule has 0 bridgehead atoms. The average Bonchev–Trinajstić information content (AvgIpc) is 3.70. The molecule has 3 aliphatic rings. The molecule has 1 N–H and O–H groups in total. The summed E-state index contributed by atoms with van der Waals surface area (Å²) in [6.45, 7) is 1.94. The number of halogens is 1. The summed E-state index contributed by atoms with van der Waals surface area (Å²) in [4.78, 5) is 30.0. The highest BCUT2D eigenvalue weighted by atomic mass is 35.5.